The maximum absolute atomic E-state index is 12.6. The molecule has 0 radical (unpaired) electrons. The minimum absolute atomic E-state index is 0.0494. The molecule has 7 heteroatoms. The molecule has 0 fully saturated rings. The summed E-state index contributed by atoms with van der Waals surface area (Å²) in [6.07, 6.45) is 0. The maximum atomic E-state index is 12.6. The molecule has 0 heterocycles. The molecule has 2 amide bonds. The van der Waals surface area contributed by atoms with E-state index in [1.165, 1.54) is 7.11 Å². The number of hydrogen-bond acceptors (Lipinski definition) is 4. The second-order valence-corrected chi connectivity index (χ2v) is 7.09. The van der Waals surface area contributed by atoms with Gasteiger partial charge >= 0.3 is 0 Å². The molecule has 1 N–H and O–H groups in total. The first-order chi connectivity index (χ1) is 13.3. The number of hydrogen-bond donors (Lipinski definition) is 1. The molecule has 2 aromatic rings. The van der Waals surface area contributed by atoms with E-state index in [2.05, 4.69) is 5.32 Å². The Balaban J connectivity index is 1.90. The van der Waals surface area contributed by atoms with E-state index in [0.717, 1.165) is 5.56 Å². The van der Waals surface area contributed by atoms with Crippen molar-refractivity contribution in [3.05, 3.63) is 59.1 Å². The highest BCUT2D eigenvalue weighted by atomic mass is 35.5. The number of nitrogens with one attached hydrogen (secondary N) is 1. The predicted molar refractivity (Wildman–Crippen MR) is 112 cm³/mol. The minimum atomic E-state index is -0.255. The van der Waals surface area contributed by atoms with Crippen LogP contribution in [0.5, 0.6) is 5.75 Å². The molecule has 0 aromatic heterocycles. The molecule has 0 saturated carbocycles. The number of anilines is 1. The molecule has 1 atom stereocenters. The van der Waals surface area contributed by atoms with Gasteiger partial charge in [-0.1, -0.05) is 41.9 Å². The van der Waals surface area contributed by atoms with E-state index in [9.17, 15) is 9.59 Å². The van der Waals surface area contributed by atoms with Gasteiger partial charge in [0, 0.05) is 12.1 Å². The number of likely N-dealkylation sites (N-methyl/N-ethyl adjacent to an activating group) is 2. The molecule has 0 bridgehead atoms. The fourth-order valence-corrected chi connectivity index (χ4v) is 2.95. The van der Waals surface area contributed by atoms with Gasteiger partial charge in [-0.15, -0.1) is 0 Å². The minimum Gasteiger partial charge on any atom is -0.495 e. The van der Waals surface area contributed by atoms with Crippen LogP contribution in [0.25, 0.3) is 0 Å². The van der Waals surface area contributed by atoms with Gasteiger partial charge in [0.15, 0.2) is 0 Å². The zero-order valence-electron chi connectivity index (χ0n) is 16.6. The molecule has 2 aromatic carbocycles. The molecule has 0 aliphatic heterocycles. The van der Waals surface area contributed by atoms with Gasteiger partial charge in [0.2, 0.25) is 11.8 Å². The molecular weight excluding hydrogens is 378 g/mol. The molecule has 150 valence electrons. The first-order valence-electron chi connectivity index (χ1n) is 8.94. The van der Waals surface area contributed by atoms with Crippen LogP contribution in [-0.4, -0.2) is 55.9 Å². The number of nitrogens with zero attached hydrogens (tertiary/aromatic N) is 2. The van der Waals surface area contributed by atoms with Crippen LogP contribution in [0.3, 0.4) is 0 Å². The number of carbonyl (C=O) groups excluding carboxylic acids is 2. The van der Waals surface area contributed by atoms with Crippen LogP contribution in [-0.2, 0) is 9.59 Å². The van der Waals surface area contributed by atoms with Crippen LogP contribution in [0.15, 0.2) is 48.5 Å². The van der Waals surface area contributed by atoms with Crippen molar-refractivity contribution < 1.29 is 14.3 Å². The molecule has 2 rings (SSSR count). The van der Waals surface area contributed by atoms with Crippen molar-refractivity contribution >= 4 is 29.1 Å². The van der Waals surface area contributed by atoms with Crippen molar-refractivity contribution in [1.82, 2.24) is 9.80 Å². The van der Waals surface area contributed by atoms with Gasteiger partial charge in [0.25, 0.3) is 0 Å². The maximum Gasteiger partial charge on any atom is 0.238 e. The molecule has 0 aliphatic carbocycles. The number of carbonyl (C=O) groups is 2. The van der Waals surface area contributed by atoms with Gasteiger partial charge in [-0.3, -0.25) is 14.5 Å². The summed E-state index contributed by atoms with van der Waals surface area (Å²) >= 11 is 5.98. The quantitative estimate of drug-likeness (QED) is 0.733. The molecule has 0 saturated heterocycles. The fourth-order valence-electron chi connectivity index (χ4n) is 2.78. The standard InChI is InChI=1S/C21H26ClN3O3/c1-15(16-8-6-5-7-9-16)25(3)21(27)14-24(2)13-20(26)23-18-12-17(22)10-11-19(18)28-4/h5-12,15H,13-14H2,1-4H3,(H,23,26)/t15-/m1/s1. The summed E-state index contributed by atoms with van der Waals surface area (Å²) in [5, 5.41) is 3.27. The lowest BCUT2D eigenvalue weighted by Crippen LogP contribution is -2.40. The van der Waals surface area contributed by atoms with Crippen LogP contribution in [0.1, 0.15) is 18.5 Å². The highest BCUT2D eigenvalue weighted by Gasteiger charge is 2.20. The van der Waals surface area contributed by atoms with E-state index in [4.69, 9.17) is 16.3 Å². The SMILES string of the molecule is COc1ccc(Cl)cc1NC(=O)CN(C)CC(=O)N(C)[C@H](C)c1ccccc1. The molecule has 0 unspecified atom stereocenters. The summed E-state index contributed by atoms with van der Waals surface area (Å²) < 4.78 is 5.22. The van der Waals surface area contributed by atoms with Crippen LogP contribution >= 0.6 is 11.6 Å². The van der Waals surface area contributed by atoms with Crippen LogP contribution in [0.4, 0.5) is 5.69 Å². The third kappa shape index (κ3) is 5.97. The zero-order valence-corrected chi connectivity index (χ0v) is 17.4. The Labute approximate surface area is 171 Å². The summed E-state index contributed by atoms with van der Waals surface area (Å²) in [6.45, 7) is 2.17. The summed E-state index contributed by atoms with van der Waals surface area (Å²) in [6, 6.07) is 14.8. The molecular formula is C21H26ClN3O3. The number of rotatable bonds is 8. The monoisotopic (exact) mass is 403 g/mol. The third-order valence-corrected chi connectivity index (χ3v) is 4.75. The highest BCUT2D eigenvalue weighted by Crippen LogP contribution is 2.27. The predicted octanol–water partition coefficient (Wildman–Crippen LogP) is 3.44. The van der Waals surface area contributed by atoms with Crippen molar-refractivity contribution in [2.75, 3.05) is 39.6 Å². The van der Waals surface area contributed by atoms with Crippen molar-refractivity contribution in [3.63, 3.8) is 0 Å². The van der Waals surface area contributed by atoms with Gasteiger partial charge < -0.3 is 15.0 Å². The van der Waals surface area contributed by atoms with Crippen molar-refractivity contribution in [3.8, 4) is 5.75 Å². The average Bonchev–Trinajstić information content (AvgIpc) is 2.67. The van der Waals surface area contributed by atoms with E-state index in [0.29, 0.717) is 16.5 Å². The summed E-state index contributed by atoms with van der Waals surface area (Å²) in [4.78, 5) is 28.3. The second-order valence-electron chi connectivity index (χ2n) is 6.66. The van der Waals surface area contributed by atoms with E-state index < -0.39 is 0 Å². The van der Waals surface area contributed by atoms with Gasteiger partial charge in [-0.05, 0) is 37.7 Å². The zero-order chi connectivity index (χ0) is 20.7. The van der Waals surface area contributed by atoms with Crippen LogP contribution in [0.2, 0.25) is 5.02 Å². The number of ether oxygens (including phenoxy) is 1. The smallest absolute Gasteiger partial charge is 0.238 e. The van der Waals surface area contributed by atoms with Crippen molar-refractivity contribution in [2.45, 2.75) is 13.0 Å². The topological polar surface area (TPSA) is 61.9 Å². The van der Waals surface area contributed by atoms with E-state index in [1.54, 1.807) is 42.1 Å². The Hall–Kier alpha value is -2.57. The van der Waals surface area contributed by atoms with E-state index in [1.807, 2.05) is 37.3 Å². The Bertz CT molecular complexity index is 814. The lowest BCUT2D eigenvalue weighted by molar-refractivity contribution is -0.133. The first-order valence-corrected chi connectivity index (χ1v) is 9.32. The number of methoxy groups -OCH3 is 1. The molecule has 6 nitrogen and oxygen atoms in total. The molecule has 0 spiro atoms. The summed E-state index contributed by atoms with van der Waals surface area (Å²) in [5.41, 5.74) is 1.56. The lowest BCUT2D eigenvalue weighted by Gasteiger charge is -2.27. The Morgan fingerprint density at radius 2 is 1.79 bits per heavy atom. The van der Waals surface area contributed by atoms with Crippen LogP contribution < -0.4 is 10.1 Å². The van der Waals surface area contributed by atoms with Gasteiger partial charge in [0.1, 0.15) is 5.75 Å². The normalized spacial score (nSPS) is 11.8. The lowest BCUT2D eigenvalue weighted by atomic mass is 10.1. The summed E-state index contributed by atoms with van der Waals surface area (Å²) in [5.74, 6) is 0.203. The van der Waals surface area contributed by atoms with E-state index >= 15 is 0 Å². The summed E-state index contributed by atoms with van der Waals surface area (Å²) in [7, 11) is 5.02. The average molecular weight is 404 g/mol. The number of halogens is 1. The molecule has 0 aliphatic rings. The Kier molecular flexibility index (Phi) is 7.84. The molecule has 28 heavy (non-hydrogen) atoms. The fraction of sp³-hybridized carbons (Fsp3) is 0.333. The first kappa shape index (κ1) is 21.7. The highest BCUT2D eigenvalue weighted by molar-refractivity contribution is 6.31. The second kappa shape index (κ2) is 10.1. The number of amides is 2. The largest absolute Gasteiger partial charge is 0.495 e. The van der Waals surface area contributed by atoms with Gasteiger partial charge in [-0.2, -0.15) is 0 Å². The van der Waals surface area contributed by atoms with Gasteiger partial charge in [0.05, 0.1) is 31.9 Å². The van der Waals surface area contributed by atoms with Crippen molar-refractivity contribution in [2.24, 2.45) is 0 Å². The number of benzene rings is 2. The van der Waals surface area contributed by atoms with E-state index in [-0.39, 0.29) is 30.9 Å². The van der Waals surface area contributed by atoms with Gasteiger partial charge in [-0.25, -0.2) is 0 Å². The van der Waals surface area contributed by atoms with Crippen molar-refractivity contribution in [1.29, 1.82) is 0 Å². The third-order valence-electron chi connectivity index (χ3n) is 4.51. The Morgan fingerprint density at radius 1 is 1.11 bits per heavy atom. The Morgan fingerprint density at radius 3 is 2.43 bits per heavy atom. The van der Waals surface area contributed by atoms with Crippen LogP contribution in [0, 0.1) is 0 Å².